The fourth-order valence-electron chi connectivity index (χ4n) is 11.2. The van der Waals surface area contributed by atoms with E-state index in [1.807, 2.05) is 0 Å². The van der Waals surface area contributed by atoms with Gasteiger partial charge >= 0.3 is 11.9 Å². The van der Waals surface area contributed by atoms with Gasteiger partial charge in [0.2, 0.25) is 0 Å². The van der Waals surface area contributed by atoms with Crippen LogP contribution in [0.4, 0.5) is 0 Å². The Morgan fingerprint density at radius 1 is 0.917 bits per heavy atom. The molecule has 1 N–H and O–H groups in total. The van der Waals surface area contributed by atoms with Crippen molar-refractivity contribution < 1.29 is 19.4 Å². The van der Waals surface area contributed by atoms with Gasteiger partial charge in [0.25, 0.3) is 0 Å². The summed E-state index contributed by atoms with van der Waals surface area (Å²) < 4.78 is 5.88. The molecule has 5 aliphatic carbocycles. The lowest BCUT2D eigenvalue weighted by Gasteiger charge is -2.71. The molecule has 4 fully saturated rings. The highest BCUT2D eigenvalue weighted by atomic mass is 16.5. The first-order valence-electron chi connectivity index (χ1n) is 14.8. The van der Waals surface area contributed by atoms with Gasteiger partial charge in [0, 0.05) is 12.3 Å². The number of hydrogen-bond acceptors (Lipinski definition) is 3. The Hall–Kier alpha value is -1.32. The molecule has 0 bridgehead atoms. The van der Waals surface area contributed by atoms with E-state index in [0.717, 1.165) is 51.4 Å². The highest BCUT2D eigenvalue weighted by molar-refractivity contribution is 5.76. The number of aliphatic carboxylic acids is 1. The number of carboxylic acids is 1. The van der Waals surface area contributed by atoms with Crippen molar-refractivity contribution in [1.82, 2.24) is 0 Å². The molecule has 36 heavy (non-hydrogen) atoms. The molecule has 5 rings (SSSR count). The molecule has 0 aromatic heterocycles. The van der Waals surface area contributed by atoms with Gasteiger partial charge in [-0.3, -0.25) is 9.59 Å². The number of allylic oxidation sites excluding steroid dienone is 2. The van der Waals surface area contributed by atoms with Crippen LogP contribution in [-0.2, 0) is 14.3 Å². The van der Waals surface area contributed by atoms with E-state index in [4.69, 9.17) is 4.74 Å². The van der Waals surface area contributed by atoms with Crippen molar-refractivity contribution >= 4 is 11.9 Å². The van der Waals surface area contributed by atoms with Gasteiger partial charge in [-0.2, -0.15) is 0 Å². The minimum Gasteiger partial charge on any atom is -0.481 e. The van der Waals surface area contributed by atoms with Crippen molar-refractivity contribution in [3.05, 3.63) is 11.6 Å². The van der Waals surface area contributed by atoms with Crippen molar-refractivity contribution in [3.63, 3.8) is 0 Å². The van der Waals surface area contributed by atoms with Crippen LogP contribution in [0.1, 0.15) is 113 Å². The van der Waals surface area contributed by atoms with Gasteiger partial charge in [0.05, 0.1) is 5.41 Å². The molecular weight excluding hydrogens is 448 g/mol. The molecule has 10 atom stereocenters. The van der Waals surface area contributed by atoms with Crippen LogP contribution in [0.25, 0.3) is 0 Å². The monoisotopic (exact) mass is 498 g/mol. The summed E-state index contributed by atoms with van der Waals surface area (Å²) in [6.07, 6.45) is 11.7. The highest BCUT2D eigenvalue weighted by Crippen LogP contribution is 2.75. The van der Waals surface area contributed by atoms with Crippen LogP contribution in [0.15, 0.2) is 11.6 Å². The summed E-state index contributed by atoms with van der Waals surface area (Å²) >= 11 is 0. The second-order valence-corrected chi connectivity index (χ2v) is 15.1. The number of rotatable bonds is 2. The minimum absolute atomic E-state index is 0.00171. The lowest BCUT2D eigenvalue weighted by Crippen LogP contribution is -2.65. The van der Waals surface area contributed by atoms with Gasteiger partial charge < -0.3 is 9.84 Å². The van der Waals surface area contributed by atoms with Crippen LogP contribution in [0.5, 0.6) is 0 Å². The zero-order chi connectivity index (χ0) is 26.5. The van der Waals surface area contributed by atoms with E-state index in [1.165, 1.54) is 12.0 Å². The van der Waals surface area contributed by atoms with E-state index >= 15 is 0 Å². The third-order valence-electron chi connectivity index (χ3n) is 13.7. The fourth-order valence-corrected chi connectivity index (χ4v) is 11.2. The fraction of sp³-hybridized carbons (Fsp3) is 0.875. The van der Waals surface area contributed by atoms with Gasteiger partial charge in [0.15, 0.2) is 0 Å². The molecule has 4 heteroatoms. The van der Waals surface area contributed by atoms with Crippen molar-refractivity contribution in [1.29, 1.82) is 0 Å². The SMILES string of the molecule is CC(=O)O[C@H]1CC[C@]2(C)[C@H](CC[C@]3(C)[C@H]2CC=C2[C@H]4[C@@H](C)[C@H](C)CC[C@]4(C(=O)O)CC[C@@]23C)C1(C)C. The number of hydrogen-bond donors (Lipinski definition) is 1. The first-order valence-corrected chi connectivity index (χ1v) is 14.8. The maximum absolute atomic E-state index is 12.9. The Balaban J connectivity index is 1.56. The first-order chi connectivity index (χ1) is 16.6. The van der Waals surface area contributed by atoms with Crippen molar-refractivity contribution in [3.8, 4) is 0 Å². The Morgan fingerprint density at radius 2 is 1.61 bits per heavy atom. The molecule has 0 aromatic carbocycles. The maximum Gasteiger partial charge on any atom is 0.310 e. The summed E-state index contributed by atoms with van der Waals surface area (Å²) in [5.41, 5.74) is 1.30. The second kappa shape index (κ2) is 8.09. The Morgan fingerprint density at radius 3 is 2.25 bits per heavy atom. The van der Waals surface area contributed by atoms with Crippen LogP contribution in [0.2, 0.25) is 0 Å². The molecule has 4 nitrogen and oxygen atoms in total. The van der Waals surface area contributed by atoms with Gasteiger partial charge in [-0.25, -0.2) is 0 Å². The molecule has 0 saturated heterocycles. The van der Waals surface area contributed by atoms with E-state index in [9.17, 15) is 14.7 Å². The van der Waals surface area contributed by atoms with Crippen LogP contribution < -0.4 is 0 Å². The molecule has 0 amide bonds. The number of carbonyl (C=O) groups excluding carboxylic acids is 1. The standard InChI is InChI=1S/C32H50O4/c1-19-11-16-32(27(34)35)18-17-30(7)22(26(32)20(19)2)9-10-24-29(6)14-13-25(36-21(3)33)28(4,5)23(29)12-15-31(24,30)8/h9,19-20,23-26H,10-18H2,1-8H3,(H,34,35)/t19-,20+,23-,24+,25+,26-,29-,30+,31-,32+/m1/s1. The Labute approximate surface area is 219 Å². The van der Waals surface area contributed by atoms with E-state index in [0.29, 0.717) is 23.7 Å². The number of ether oxygens (including phenoxy) is 1. The number of carboxylic acid groups (broad SMARTS) is 1. The van der Waals surface area contributed by atoms with E-state index in [1.54, 1.807) is 6.92 Å². The zero-order valence-corrected chi connectivity index (χ0v) is 24.1. The van der Waals surface area contributed by atoms with Gasteiger partial charge in [0.1, 0.15) is 6.10 Å². The number of carbonyl (C=O) groups is 2. The third kappa shape index (κ3) is 3.17. The van der Waals surface area contributed by atoms with Crippen LogP contribution in [0, 0.1) is 56.7 Å². The van der Waals surface area contributed by atoms with Crippen molar-refractivity contribution in [2.75, 3.05) is 0 Å². The molecule has 4 saturated carbocycles. The molecule has 0 spiro atoms. The van der Waals surface area contributed by atoms with E-state index in [2.05, 4.69) is 54.5 Å². The Kier molecular flexibility index (Phi) is 5.91. The zero-order valence-electron chi connectivity index (χ0n) is 24.1. The van der Waals surface area contributed by atoms with Crippen LogP contribution >= 0.6 is 0 Å². The lowest BCUT2D eigenvalue weighted by atomic mass is 9.33. The first kappa shape index (κ1) is 26.3. The van der Waals surface area contributed by atoms with Crippen LogP contribution in [0.3, 0.4) is 0 Å². The predicted octanol–water partition coefficient (Wildman–Crippen LogP) is 7.66. The summed E-state index contributed by atoms with van der Waals surface area (Å²) in [5.74, 6) is 1.53. The lowest BCUT2D eigenvalue weighted by molar-refractivity contribution is -0.214. The van der Waals surface area contributed by atoms with E-state index < -0.39 is 11.4 Å². The molecule has 5 aliphatic rings. The van der Waals surface area contributed by atoms with Crippen molar-refractivity contribution in [2.45, 2.75) is 119 Å². The minimum atomic E-state index is -0.578. The van der Waals surface area contributed by atoms with Gasteiger partial charge in [-0.05, 0) is 104 Å². The van der Waals surface area contributed by atoms with Crippen LogP contribution in [-0.4, -0.2) is 23.1 Å². The largest absolute Gasteiger partial charge is 0.481 e. The maximum atomic E-state index is 12.9. The summed E-state index contributed by atoms with van der Waals surface area (Å²) in [6.45, 7) is 18.5. The molecule has 0 aliphatic heterocycles. The number of esters is 1. The Bertz CT molecular complexity index is 981. The highest BCUT2D eigenvalue weighted by Gasteiger charge is 2.69. The topological polar surface area (TPSA) is 63.6 Å². The normalized spacial score (nSPS) is 51.5. The smallest absolute Gasteiger partial charge is 0.310 e. The predicted molar refractivity (Wildman–Crippen MR) is 142 cm³/mol. The quantitative estimate of drug-likeness (QED) is 0.313. The van der Waals surface area contributed by atoms with Gasteiger partial charge in [-0.15, -0.1) is 0 Å². The van der Waals surface area contributed by atoms with E-state index in [-0.39, 0.29) is 39.7 Å². The third-order valence-corrected chi connectivity index (χ3v) is 13.7. The summed E-state index contributed by atoms with van der Waals surface area (Å²) in [6, 6.07) is 0. The van der Waals surface area contributed by atoms with Gasteiger partial charge in [-0.1, -0.05) is 60.1 Å². The second-order valence-electron chi connectivity index (χ2n) is 15.1. The average molecular weight is 499 g/mol. The number of fused-ring (bicyclic) bond motifs is 7. The van der Waals surface area contributed by atoms with Crippen molar-refractivity contribution in [2.24, 2.45) is 56.7 Å². The summed E-state index contributed by atoms with van der Waals surface area (Å²) in [5, 5.41) is 10.6. The average Bonchev–Trinajstić information content (AvgIpc) is 2.78. The summed E-state index contributed by atoms with van der Waals surface area (Å²) in [7, 11) is 0. The molecule has 0 radical (unpaired) electrons. The molecule has 0 unspecified atom stereocenters. The molecule has 0 aromatic rings. The molecular formula is C32H50O4. The summed E-state index contributed by atoms with van der Waals surface area (Å²) in [4.78, 5) is 24.7. The molecule has 0 heterocycles. The molecule has 202 valence electrons.